The molecule has 1 saturated heterocycles. The van der Waals surface area contributed by atoms with E-state index in [0.717, 1.165) is 45.4 Å². The summed E-state index contributed by atoms with van der Waals surface area (Å²) in [6.45, 7) is 5.62. The summed E-state index contributed by atoms with van der Waals surface area (Å²) in [6.07, 6.45) is 4.15. The summed E-state index contributed by atoms with van der Waals surface area (Å²) >= 11 is 0. The quantitative estimate of drug-likeness (QED) is 0.825. The van der Waals surface area contributed by atoms with Crippen LogP contribution in [0.1, 0.15) is 36.8 Å². The van der Waals surface area contributed by atoms with E-state index >= 15 is 0 Å². The summed E-state index contributed by atoms with van der Waals surface area (Å²) in [4.78, 5) is 13.8. The van der Waals surface area contributed by atoms with Gasteiger partial charge in [0.1, 0.15) is 0 Å². The Kier molecular flexibility index (Phi) is 5.40. The number of benzene rings is 1. The van der Waals surface area contributed by atoms with E-state index in [-0.39, 0.29) is 0 Å². The fourth-order valence-electron chi connectivity index (χ4n) is 2.43. The highest BCUT2D eigenvalue weighted by molar-refractivity contribution is 5.76. The number of hydrogen-bond donors (Lipinski definition) is 1. The molecule has 1 aromatic carbocycles. The number of aryl methyl sites for hydroxylation is 1. The summed E-state index contributed by atoms with van der Waals surface area (Å²) in [5.74, 6) is 0.328. The number of carbonyl (C=O) groups excluding carboxylic acids is 1. The van der Waals surface area contributed by atoms with Crippen molar-refractivity contribution in [2.24, 2.45) is 0 Å². The Hall–Kier alpha value is -1.35. The van der Waals surface area contributed by atoms with Crippen LogP contribution >= 0.6 is 0 Å². The standard InChI is InChI=1S/C16H24N2O/c1-14-6-8-15(9-7-14)13-17-10-12-18-11-4-2-3-5-16(18)19/h6-9,17H,2-5,10-13H2,1H3. The molecule has 0 spiro atoms. The molecule has 0 aliphatic carbocycles. The van der Waals surface area contributed by atoms with Crippen molar-refractivity contribution in [2.75, 3.05) is 19.6 Å². The molecule has 3 heteroatoms. The van der Waals surface area contributed by atoms with Gasteiger partial charge in [0.05, 0.1) is 0 Å². The third-order valence-corrected chi connectivity index (χ3v) is 3.68. The lowest BCUT2D eigenvalue weighted by Gasteiger charge is -2.20. The average molecular weight is 260 g/mol. The molecule has 3 nitrogen and oxygen atoms in total. The lowest BCUT2D eigenvalue weighted by Crippen LogP contribution is -2.36. The Balaban J connectivity index is 1.68. The first-order valence-electron chi connectivity index (χ1n) is 7.30. The van der Waals surface area contributed by atoms with Gasteiger partial charge in [0.15, 0.2) is 0 Å². The van der Waals surface area contributed by atoms with Gasteiger partial charge in [-0.2, -0.15) is 0 Å². The third-order valence-electron chi connectivity index (χ3n) is 3.68. The zero-order valence-corrected chi connectivity index (χ0v) is 11.8. The monoisotopic (exact) mass is 260 g/mol. The van der Waals surface area contributed by atoms with Crippen LogP contribution < -0.4 is 5.32 Å². The normalized spacial score (nSPS) is 16.5. The molecular formula is C16H24N2O. The van der Waals surface area contributed by atoms with Gasteiger partial charge in [-0.3, -0.25) is 4.79 Å². The molecule has 0 aromatic heterocycles. The highest BCUT2D eigenvalue weighted by atomic mass is 16.2. The average Bonchev–Trinajstić information content (AvgIpc) is 2.62. The highest BCUT2D eigenvalue weighted by Crippen LogP contribution is 2.10. The van der Waals surface area contributed by atoms with E-state index in [4.69, 9.17) is 0 Å². The first kappa shape index (κ1) is 14.1. The Morgan fingerprint density at radius 2 is 1.95 bits per heavy atom. The van der Waals surface area contributed by atoms with Gasteiger partial charge in [-0.1, -0.05) is 36.2 Å². The molecule has 104 valence electrons. The summed E-state index contributed by atoms with van der Waals surface area (Å²) in [5, 5.41) is 3.42. The molecule has 0 bridgehead atoms. The maximum atomic E-state index is 11.8. The Morgan fingerprint density at radius 1 is 1.16 bits per heavy atom. The highest BCUT2D eigenvalue weighted by Gasteiger charge is 2.15. The number of likely N-dealkylation sites (tertiary alicyclic amines) is 1. The summed E-state index contributed by atoms with van der Waals surface area (Å²) < 4.78 is 0. The van der Waals surface area contributed by atoms with E-state index in [0.29, 0.717) is 5.91 Å². The maximum absolute atomic E-state index is 11.8. The molecule has 2 rings (SSSR count). The van der Waals surface area contributed by atoms with Crippen LogP contribution in [0.5, 0.6) is 0 Å². The fraction of sp³-hybridized carbons (Fsp3) is 0.562. The molecule has 1 aliphatic rings. The van der Waals surface area contributed by atoms with Crippen LogP contribution in [0.3, 0.4) is 0 Å². The van der Waals surface area contributed by atoms with Crippen molar-refractivity contribution in [2.45, 2.75) is 39.2 Å². The van der Waals surface area contributed by atoms with Crippen molar-refractivity contribution in [3.8, 4) is 0 Å². The minimum atomic E-state index is 0.328. The Bertz CT molecular complexity index is 400. The van der Waals surface area contributed by atoms with Crippen LogP contribution in [0, 0.1) is 6.92 Å². The fourth-order valence-corrected chi connectivity index (χ4v) is 2.43. The van der Waals surface area contributed by atoms with Gasteiger partial charge in [-0.05, 0) is 25.3 Å². The van der Waals surface area contributed by atoms with Crippen LogP contribution in [0.15, 0.2) is 24.3 Å². The van der Waals surface area contributed by atoms with Crippen LogP contribution in [-0.2, 0) is 11.3 Å². The summed E-state index contributed by atoms with van der Waals surface area (Å²) in [7, 11) is 0. The second-order valence-corrected chi connectivity index (χ2v) is 5.35. The van der Waals surface area contributed by atoms with Crippen molar-refractivity contribution in [3.05, 3.63) is 35.4 Å². The van der Waals surface area contributed by atoms with Crippen molar-refractivity contribution >= 4 is 5.91 Å². The van der Waals surface area contributed by atoms with E-state index in [9.17, 15) is 4.79 Å². The van der Waals surface area contributed by atoms with Crippen molar-refractivity contribution in [1.29, 1.82) is 0 Å². The van der Waals surface area contributed by atoms with Crippen molar-refractivity contribution < 1.29 is 4.79 Å². The number of hydrogen-bond acceptors (Lipinski definition) is 2. The zero-order valence-electron chi connectivity index (χ0n) is 11.8. The second-order valence-electron chi connectivity index (χ2n) is 5.35. The number of amides is 1. The van der Waals surface area contributed by atoms with Gasteiger partial charge in [-0.25, -0.2) is 0 Å². The minimum Gasteiger partial charge on any atom is -0.341 e. The number of rotatable bonds is 5. The lowest BCUT2D eigenvalue weighted by molar-refractivity contribution is -0.130. The van der Waals surface area contributed by atoms with E-state index in [1.54, 1.807) is 0 Å². The van der Waals surface area contributed by atoms with E-state index in [1.165, 1.54) is 17.5 Å². The van der Waals surface area contributed by atoms with E-state index in [1.807, 2.05) is 4.90 Å². The van der Waals surface area contributed by atoms with Crippen LogP contribution in [0.2, 0.25) is 0 Å². The third kappa shape index (κ3) is 4.67. The Labute approximate surface area is 116 Å². The first-order chi connectivity index (χ1) is 9.25. The summed E-state index contributed by atoms with van der Waals surface area (Å²) in [5.41, 5.74) is 2.59. The predicted molar refractivity (Wildman–Crippen MR) is 77.9 cm³/mol. The minimum absolute atomic E-state index is 0.328. The predicted octanol–water partition coefficient (Wildman–Crippen LogP) is 2.49. The molecule has 1 aliphatic heterocycles. The SMILES string of the molecule is Cc1ccc(CNCCN2CCCCCC2=O)cc1. The number of carbonyl (C=O) groups is 1. The molecule has 1 amide bonds. The van der Waals surface area contributed by atoms with Gasteiger partial charge in [0.25, 0.3) is 0 Å². The smallest absolute Gasteiger partial charge is 0.222 e. The van der Waals surface area contributed by atoms with E-state index < -0.39 is 0 Å². The van der Waals surface area contributed by atoms with Crippen LogP contribution in [0.25, 0.3) is 0 Å². The van der Waals surface area contributed by atoms with Gasteiger partial charge < -0.3 is 10.2 Å². The molecular weight excluding hydrogens is 236 g/mol. The molecule has 0 unspecified atom stereocenters. The lowest BCUT2D eigenvalue weighted by atomic mass is 10.1. The van der Waals surface area contributed by atoms with Crippen molar-refractivity contribution in [1.82, 2.24) is 10.2 Å². The topological polar surface area (TPSA) is 32.3 Å². The summed E-state index contributed by atoms with van der Waals surface area (Å²) in [6, 6.07) is 8.57. The molecule has 1 N–H and O–H groups in total. The van der Waals surface area contributed by atoms with Gasteiger partial charge >= 0.3 is 0 Å². The molecule has 19 heavy (non-hydrogen) atoms. The molecule has 0 atom stereocenters. The number of nitrogens with one attached hydrogen (secondary N) is 1. The molecule has 1 aromatic rings. The zero-order chi connectivity index (χ0) is 13.5. The molecule has 0 saturated carbocycles. The number of nitrogens with zero attached hydrogens (tertiary/aromatic N) is 1. The molecule has 0 radical (unpaired) electrons. The maximum Gasteiger partial charge on any atom is 0.222 e. The first-order valence-corrected chi connectivity index (χ1v) is 7.30. The van der Waals surface area contributed by atoms with Crippen LogP contribution in [0.4, 0.5) is 0 Å². The van der Waals surface area contributed by atoms with E-state index in [2.05, 4.69) is 36.5 Å². The Morgan fingerprint density at radius 3 is 2.74 bits per heavy atom. The van der Waals surface area contributed by atoms with Gasteiger partial charge in [0, 0.05) is 32.6 Å². The van der Waals surface area contributed by atoms with Gasteiger partial charge in [-0.15, -0.1) is 0 Å². The van der Waals surface area contributed by atoms with Gasteiger partial charge in [0.2, 0.25) is 5.91 Å². The van der Waals surface area contributed by atoms with Crippen molar-refractivity contribution in [3.63, 3.8) is 0 Å². The largest absolute Gasteiger partial charge is 0.341 e. The molecule has 1 fully saturated rings. The van der Waals surface area contributed by atoms with Crippen LogP contribution in [-0.4, -0.2) is 30.4 Å². The molecule has 1 heterocycles. The second kappa shape index (κ2) is 7.29.